The van der Waals surface area contributed by atoms with Gasteiger partial charge in [0.15, 0.2) is 16.6 Å². The first-order chi connectivity index (χ1) is 17.3. The third-order valence-electron chi connectivity index (χ3n) is 7.54. The summed E-state index contributed by atoms with van der Waals surface area (Å²) in [4.78, 5) is 2.50. The lowest BCUT2D eigenvalue weighted by Crippen LogP contribution is -2.23. The maximum absolute atomic E-state index is 12.9. The molecule has 1 aliphatic heterocycles. The van der Waals surface area contributed by atoms with Gasteiger partial charge in [0.1, 0.15) is 6.33 Å². The molecule has 36 heavy (non-hydrogen) atoms. The first-order valence-corrected chi connectivity index (χ1v) is 13.0. The number of halogens is 3. The lowest BCUT2D eigenvalue weighted by Gasteiger charge is -2.16. The van der Waals surface area contributed by atoms with E-state index in [0.717, 1.165) is 72.4 Å². The molecule has 0 radical (unpaired) electrons. The molecule has 4 heterocycles. The van der Waals surface area contributed by atoms with Crippen LogP contribution in [-0.4, -0.2) is 59.6 Å². The van der Waals surface area contributed by atoms with E-state index in [2.05, 4.69) is 25.3 Å². The maximum Gasteiger partial charge on any atom is 0.416 e. The number of benzene rings is 1. The summed E-state index contributed by atoms with van der Waals surface area (Å²) in [5, 5.41) is 17.6. The Morgan fingerprint density at radius 3 is 2.75 bits per heavy atom. The lowest BCUT2D eigenvalue weighted by atomic mass is 9.97. The summed E-state index contributed by atoms with van der Waals surface area (Å²) in [5.41, 5.74) is 2.44. The van der Waals surface area contributed by atoms with Crippen LogP contribution in [0.1, 0.15) is 36.3 Å². The second kappa shape index (κ2) is 8.88. The molecule has 1 saturated carbocycles. The average Bonchev–Trinajstić information content (AvgIpc) is 3.18. The van der Waals surface area contributed by atoms with Crippen molar-refractivity contribution in [2.45, 2.75) is 36.5 Å². The van der Waals surface area contributed by atoms with Gasteiger partial charge >= 0.3 is 6.18 Å². The van der Waals surface area contributed by atoms with Gasteiger partial charge in [-0.2, -0.15) is 13.2 Å². The molecule has 0 unspecified atom stereocenters. The van der Waals surface area contributed by atoms with Crippen molar-refractivity contribution in [3.63, 3.8) is 0 Å². The number of aromatic nitrogens is 6. The summed E-state index contributed by atoms with van der Waals surface area (Å²) in [6.07, 6.45) is 2.54. The Balaban J connectivity index is 0.990. The molecule has 1 saturated heterocycles. The molecule has 0 N–H and O–H groups in total. The Labute approximate surface area is 210 Å². The van der Waals surface area contributed by atoms with Crippen molar-refractivity contribution in [1.29, 1.82) is 0 Å². The van der Waals surface area contributed by atoms with E-state index < -0.39 is 11.7 Å². The van der Waals surface area contributed by atoms with Crippen LogP contribution in [0, 0.1) is 5.41 Å². The number of pyridine rings is 1. The van der Waals surface area contributed by atoms with Gasteiger partial charge in [-0.15, -0.1) is 20.4 Å². The minimum atomic E-state index is -4.28. The molecule has 1 aliphatic carbocycles. The third kappa shape index (κ3) is 4.39. The molecule has 0 amide bonds. The molecule has 1 spiro atoms. The number of hydrogen-bond donors (Lipinski definition) is 0. The predicted octanol–water partition coefficient (Wildman–Crippen LogP) is 4.91. The van der Waals surface area contributed by atoms with Gasteiger partial charge < -0.3 is 9.47 Å². The molecule has 3 aromatic heterocycles. The highest BCUT2D eigenvalue weighted by atomic mass is 32.2. The predicted molar refractivity (Wildman–Crippen MR) is 131 cm³/mol. The van der Waals surface area contributed by atoms with E-state index in [9.17, 15) is 13.2 Å². The fraction of sp³-hybridized carbons (Fsp3) is 0.440. The molecular formula is C25H26F3N7S. The number of fused-ring (bicyclic) bond motifs is 1. The SMILES string of the molecule is Cn1c(SCCCN2CC[C@]3(C[C@@H]3c3ccc(C(F)(F)F)cc3)C2)nnc1-c1ccn2cnnc2c1. The van der Waals surface area contributed by atoms with E-state index in [1.807, 2.05) is 34.3 Å². The fourth-order valence-electron chi connectivity index (χ4n) is 5.45. The Morgan fingerprint density at radius 1 is 1.11 bits per heavy atom. The van der Waals surface area contributed by atoms with Crippen molar-refractivity contribution in [2.24, 2.45) is 12.5 Å². The molecule has 6 rings (SSSR count). The smallest absolute Gasteiger partial charge is 0.305 e. The molecule has 0 bridgehead atoms. The highest BCUT2D eigenvalue weighted by Crippen LogP contribution is 2.64. The van der Waals surface area contributed by atoms with Gasteiger partial charge in [-0.3, -0.25) is 4.40 Å². The molecular weight excluding hydrogens is 487 g/mol. The van der Waals surface area contributed by atoms with Crippen LogP contribution in [0.4, 0.5) is 13.2 Å². The molecule has 2 aliphatic rings. The number of rotatable bonds is 7. The number of alkyl halides is 3. The van der Waals surface area contributed by atoms with Crippen molar-refractivity contribution < 1.29 is 13.2 Å². The van der Waals surface area contributed by atoms with E-state index in [1.54, 1.807) is 30.2 Å². The molecule has 2 atom stereocenters. The highest BCUT2D eigenvalue weighted by molar-refractivity contribution is 7.99. The second-order valence-corrected chi connectivity index (χ2v) is 10.9. The average molecular weight is 514 g/mol. The summed E-state index contributed by atoms with van der Waals surface area (Å²) in [7, 11) is 1.98. The van der Waals surface area contributed by atoms with Crippen LogP contribution in [0.2, 0.25) is 0 Å². The zero-order valence-electron chi connectivity index (χ0n) is 19.8. The van der Waals surface area contributed by atoms with Gasteiger partial charge in [0.2, 0.25) is 0 Å². The van der Waals surface area contributed by atoms with E-state index in [4.69, 9.17) is 0 Å². The highest BCUT2D eigenvalue weighted by Gasteiger charge is 2.57. The van der Waals surface area contributed by atoms with E-state index in [0.29, 0.717) is 5.92 Å². The lowest BCUT2D eigenvalue weighted by molar-refractivity contribution is -0.137. The zero-order valence-corrected chi connectivity index (χ0v) is 20.6. The molecule has 2 fully saturated rings. The quantitative estimate of drug-likeness (QED) is 0.259. The minimum Gasteiger partial charge on any atom is -0.305 e. The Morgan fingerprint density at radius 2 is 1.94 bits per heavy atom. The molecule has 1 aromatic carbocycles. The Kier molecular flexibility index (Phi) is 5.79. The zero-order chi connectivity index (χ0) is 24.9. The van der Waals surface area contributed by atoms with Crippen molar-refractivity contribution in [2.75, 3.05) is 25.4 Å². The molecule has 11 heteroatoms. The number of likely N-dealkylation sites (tertiary alicyclic amines) is 1. The van der Waals surface area contributed by atoms with Gasteiger partial charge in [0, 0.05) is 31.1 Å². The summed E-state index contributed by atoms with van der Waals surface area (Å²) in [6.45, 7) is 3.10. The largest absolute Gasteiger partial charge is 0.416 e. The standard InChI is InChI=1S/C25H26F3N7S/c1-33-22(18-7-10-35-16-29-30-21(35)13-18)31-32-23(33)36-12-2-9-34-11-8-24(15-34)14-20(24)17-3-5-19(6-4-17)25(26,27)28/h3-7,10,13,16,20H,2,8-9,11-12,14-15H2,1H3/t20-,24+/m1/s1. The van der Waals surface area contributed by atoms with Gasteiger partial charge in [-0.05, 0) is 73.5 Å². The van der Waals surface area contributed by atoms with Crippen molar-refractivity contribution in [1.82, 2.24) is 34.3 Å². The summed E-state index contributed by atoms with van der Waals surface area (Å²) in [5.74, 6) is 2.13. The minimum absolute atomic E-state index is 0.247. The van der Waals surface area contributed by atoms with Crippen LogP contribution < -0.4 is 0 Å². The Bertz CT molecular complexity index is 1380. The summed E-state index contributed by atoms with van der Waals surface area (Å²) in [6, 6.07) is 9.70. The van der Waals surface area contributed by atoms with Crippen molar-refractivity contribution >= 4 is 17.4 Å². The van der Waals surface area contributed by atoms with Gasteiger partial charge in [-0.1, -0.05) is 23.9 Å². The molecule has 188 valence electrons. The fourth-order valence-corrected chi connectivity index (χ4v) is 6.28. The van der Waals surface area contributed by atoms with Gasteiger partial charge in [0.25, 0.3) is 0 Å². The first kappa shape index (κ1) is 23.5. The normalized spacial score (nSPS) is 22.2. The maximum atomic E-state index is 12.9. The van der Waals surface area contributed by atoms with E-state index >= 15 is 0 Å². The van der Waals surface area contributed by atoms with Crippen LogP contribution in [0.3, 0.4) is 0 Å². The molecule has 7 nitrogen and oxygen atoms in total. The van der Waals surface area contributed by atoms with Crippen LogP contribution in [0.5, 0.6) is 0 Å². The van der Waals surface area contributed by atoms with Gasteiger partial charge in [0.05, 0.1) is 5.56 Å². The Hall–Kier alpha value is -2.92. The summed E-state index contributed by atoms with van der Waals surface area (Å²) < 4.78 is 42.4. The van der Waals surface area contributed by atoms with Crippen LogP contribution >= 0.6 is 11.8 Å². The number of thioether (sulfide) groups is 1. The van der Waals surface area contributed by atoms with Crippen LogP contribution in [0.15, 0.2) is 54.1 Å². The van der Waals surface area contributed by atoms with E-state index in [-0.39, 0.29) is 5.41 Å². The molecule has 4 aromatic rings. The van der Waals surface area contributed by atoms with Crippen molar-refractivity contribution in [3.8, 4) is 11.4 Å². The van der Waals surface area contributed by atoms with Crippen LogP contribution in [0.25, 0.3) is 17.0 Å². The second-order valence-electron chi connectivity index (χ2n) is 9.84. The van der Waals surface area contributed by atoms with E-state index in [1.165, 1.54) is 12.1 Å². The topological polar surface area (TPSA) is 64.1 Å². The number of hydrogen-bond acceptors (Lipinski definition) is 6. The van der Waals surface area contributed by atoms with Crippen molar-refractivity contribution in [3.05, 3.63) is 60.0 Å². The summed E-state index contributed by atoms with van der Waals surface area (Å²) >= 11 is 1.71. The first-order valence-electron chi connectivity index (χ1n) is 12.0. The van der Waals surface area contributed by atoms with Crippen LogP contribution in [-0.2, 0) is 13.2 Å². The third-order valence-corrected chi connectivity index (χ3v) is 8.64. The number of nitrogens with zero attached hydrogens (tertiary/aromatic N) is 7. The monoisotopic (exact) mass is 513 g/mol. The van der Waals surface area contributed by atoms with Gasteiger partial charge in [-0.25, -0.2) is 0 Å².